The molecule has 0 spiro atoms. The third-order valence-electron chi connectivity index (χ3n) is 3.78. The predicted molar refractivity (Wildman–Crippen MR) is 83.7 cm³/mol. The first kappa shape index (κ1) is 12.1. The van der Waals surface area contributed by atoms with Gasteiger partial charge < -0.3 is 5.32 Å². The van der Waals surface area contributed by atoms with E-state index in [0.29, 0.717) is 11.1 Å². The summed E-state index contributed by atoms with van der Waals surface area (Å²) in [6.45, 7) is 0. The second kappa shape index (κ2) is 4.72. The van der Waals surface area contributed by atoms with E-state index in [1.54, 1.807) is 0 Å². The lowest BCUT2D eigenvalue weighted by Crippen LogP contribution is -2.19. The molecule has 0 aliphatic heterocycles. The van der Waals surface area contributed by atoms with E-state index in [1.807, 2.05) is 12.1 Å². The number of benzene rings is 2. The first-order chi connectivity index (χ1) is 9.81. The topological polar surface area (TPSA) is 37.8 Å². The van der Waals surface area contributed by atoms with Crippen molar-refractivity contribution in [1.29, 1.82) is 0 Å². The minimum absolute atomic E-state index is 0.372. The Labute approximate surface area is 125 Å². The molecule has 4 rings (SSSR count). The number of hydrogen-bond donors (Lipinski definition) is 1. The van der Waals surface area contributed by atoms with Gasteiger partial charge in [-0.05, 0) is 36.1 Å². The Morgan fingerprint density at radius 1 is 1.05 bits per heavy atom. The van der Waals surface area contributed by atoms with Gasteiger partial charge in [0.05, 0.1) is 22.4 Å². The summed E-state index contributed by atoms with van der Waals surface area (Å²) in [5.74, 6) is 0. The van der Waals surface area contributed by atoms with Crippen LogP contribution in [0.1, 0.15) is 11.1 Å². The van der Waals surface area contributed by atoms with Crippen molar-refractivity contribution in [3.63, 3.8) is 0 Å². The van der Waals surface area contributed by atoms with Gasteiger partial charge in [-0.1, -0.05) is 35.9 Å². The summed E-state index contributed by atoms with van der Waals surface area (Å²) in [6.07, 6.45) is 2.06. The SMILES string of the molecule is Clc1ccc2nsnc2c1NC1Cc2ccccc2C1. The Balaban J connectivity index is 1.66. The molecule has 3 aromatic rings. The van der Waals surface area contributed by atoms with Gasteiger partial charge in [0.2, 0.25) is 0 Å². The lowest BCUT2D eigenvalue weighted by molar-refractivity contribution is 0.775. The van der Waals surface area contributed by atoms with Crippen molar-refractivity contribution >= 4 is 40.0 Å². The number of rotatable bonds is 2. The quantitative estimate of drug-likeness (QED) is 0.779. The third-order valence-corrected chi connectivity index (χ3v) is 4.63. The zero-order chi connectivity index (χ0) is 13.5. The van der Waals surface area contributed by atoms with Gasteiger partial charge in [0.15, 0.2) is 0 Å². The zero-order valence-corrected chi connectivity index (χ0v) is 12.2. The van der Waals surface area contributed by atoms with Gasteiger partial charge in [-0.25, -0.2) is 0 Å². The highest BCUT2D eigenvalue weighted by Gasteiger charge is 2.22. The van der Waals surface area contributed by atoms with Crippen LogP contribution in [0.4, 0.5) is 5.69 Å². The van der Waals surface area contributed by atoms with Gasteiger partial charge in [-0.15, -0.1) is 0 Å². The largest absolute Gasteiger partial charge is 0.379 e. The number of aromatic nitrogens is 2. The van der Waals surface area contributed by atoms with E-state index in [0.717, 1.165) is 29.6 Å². The lowest BCUT2D eigenvalue weighted by Gasteiger charge is -2.15. The molecule has 0 radical (unpaired) electrons. The van der Waals surface area contributed by atoms with Crippen molar-refractivity contribution in [2.75, 3.05) is 5.32 Å². The molecule has 0 saturated heterocycles. The normalized spacial score (nSPS) is 14.7. The molecule has 1 aliphatic rings. The highest BCUT2D eigenvalue weighted by atomic mass is 35.5. The molecule has 3 nitrogen and oxygen atoms in total. The molecule has 5 heteroatoms. The summed E-state index contributed by atoms with van der Waals surface area (Å²) in [7, 11) is 0. The third kappa shape index (κ3) is 1.96. The molecule has 0 atom stereocenters. The molecule has 1 aliphatic carbocycles. The zero-order valence-electron chi connectivity index (χ0n) is 10.6. The Hall–Kier alpha value is -1.65. The summed E-state index contributed by atoms with van der Waals surface area (Å²) in [5, 5.41) is 4.27. The van der Waals surface area contributed by atoms with Crippen LogP contribution in [0, 0.1) is 0 Å². The highest BCUT2D eigenvalue weighted by Crippen LogP contribution is 2.32. The van der Waals surface area contributed by atoms with Crippen molar-refractivity contribution < 1.29 is 0 Å². The van der Waals surface area contributed by atoms with Gasteiger partial charge >= 0.3 is 0 Å². The van der Waals surface area contributed by atoms with Crippen molar-refractivity contribution in [1.82, 2.24) is 8.75 Å². The molecule has 0 bridgehead atoms. The second-order valence-electron chi connectivity index (χ2n) is 5.07. The molecule has 1 N–H and O–H groups in total. The summed E-state index contributed by atoms with van der Waals surface area (Å²) in [4.78, 5) is 0. The monoisotopic (exact) mass is 301 g/mol. The van der Waals surface area contributed by atoms with Crippen LogP contribution >= 0.6 is 23.3 Å². The van der Waals surface area contributed by atoms with Crippen LogP contribution in [-0.4, -0.2) is 14.8 Å². The van der Waals surface area contributed by atoms with Crippen LogP contribution in [0.25, 0.3) is 11.0 Å². The molecule has 0 amide bonds. The fourth-order valence-electron chi connectivity index (χ4n) is 2.83. The summed E-state index contributed by atoms with van der Waals surface area (Å²) >= 11 is 7.55. The summed E-state index contributed by atoms with van der Waals surface area (Å²) in [5.41, 5.74) is 5.53. The van der Waals surface area contributed by atoms with Crippen LogP contribution < -0.4 is 5.32 Å². The fraction of sp³-hybridized carbons (Fsp3) is 0.200. The Kier molecular flexibility index (Phi) is 2.86. The second-order valence-corrected chi connectivity index (χ2v) is 6.01. The van der Waals surface area contributed by atoms with E-state index in [2.05, 4.69) is 38.3 Å². The summed E-state index contributed by atoms with van der Waals surface area (Å²) in [6, 6.07) is 12.8. The fourth-order valence-corrected chi connectivity index (χ4v) is 3.58. The number of hydrogen-bond acceptors (Lipinski definition) is 4. The van der Waals surface area contributed by atoms with E-state index < -0.39 is 0 Å². The number of fused-ring (bicyclic) bond motifs is 2. The first-order valence-corrected chi connectivity index (χ1v) is 7.66. The van der Waals surface area contributed by atoms with Gasteiger partial charge in [0, 0.05) is 6.04 Å². The van der Waals surface area contributed by atoms with Crippen LogP contribution in [0.15, 0.2) is 36.4 Å². The Bertz CT molecular complexity index is 759. The minimum atomic E-state index is 0.372. The van der Waals surface area contributed by atoms with E-state index >= 15 is 0 Å². The number of anilines is 1. The lowest BCUT2D eigenvalue weighted by atomic mass is 10.1. The Morgan fingerprint density at radius 2 is 1.80 bits per heavy atom. The van der Waals surface area contributed by atoms with Crippen molar-refractivity contribution in [3.8, 4) is 0 Å². The smallest absolute Gasteiger partial charge is 0.129 e. The minimum Gasteiger partial charge on any atom is -0.379 e. The van der Waals surface area contributed by atoms with Crippen LogP contribution in [0.2, 0.25) is 5.02 Å². The van der Waals surface area contributed by atoms with Gasteiger partial charge in [0.1, 0.15) is 11.0 Å². The molecule has 100 valence electrons. The molecular weight excluding hydrogens is 290 g/mol. The van der Waals surface area contributed by atoms with Gasteiger partial charge in [-0.2, -0.15) is 8.75 Å². The average molecular weight is 302 g/mol. The van der Waals surface area contributed by atoms with Crippen LogP contribution in [0.3, 0.4) is 0 Å². The molecule has 0 unspecified atom stereocenters. The molecule has 1 aromatic heterocycles. The van der Waals surface area contributed by atoms with Crippen molar-refractivity contribution in [3.05, 3.63) is 52.5 Å². The first-order valence-electron chi connectivity index (χ1n) is 6.55. The maximum atomic E-state index is 6.32. The average Bonchev–Trinajstić information content (AvgIpc) is 3.07. The van der Waals surface area contributed by atoms with E-state index in [4.69, 9.17) is 11.6 Å². The number of halogens is 1. The number of nitrogens with one attached hydrogen (secondary N) is 1. The molecule has 0 fully saturated rings. The van der Waals surface area contributed by atoms with Gasteiger partial charge in [0.25, 0.3) is 0 Å². The Morgan fingerprint density at radius 3 is 2.55 bits per heavy atom. The summed E-state index contributed by atoms with van der Waals surface area (Å²) < 4.78 is 8.62. The predicted octanol–water partition coefficient (Wildman–Crippen LogP) is 3.92. The molecule has 0 saturated carbocycles. The maximum absolute atomic E-state index is 6.32. The number of nitrogens with zero attached hydrogens (tertiary/aromatic N) is 2. The van der Waals surface area contributed by atoms with Crippen molar-refractivity contribution in [2.45, 2.75) is 18.9 Å². The van der Waals surface area contributed by atoms with Crippen LogP contribution in [0.5, 0.6) is 0 Å². The standard InChI is InChI=1S/C15H12ClN3S/c16-12-5-6-13-15(19-20-18-13)14(12)17-11-7-9-3-1-2-4-10(9)8-11/h1-6,11,17H,7-8H2. The molecule has 1 heterocycles. The van der Waals surface area contributed by atoms with Crippen LogP contribution in [-0.2, 0) is 12.8 Å². The van der Waals surface area contributed by atoms with E-state index in [9.17, 15) is 0 Å². The van der Waals surface area contributed by atoms with Crippen molar-refractivity contribution in [2.24, 2.45) is 0 Å². The molecule has 2 aromatic carbocycles. The maximum Gasteiger partial charge on any atom is 0.129 e. The van der Waals surface area contributed by atoms with E-state index in [-0.39, 0.29) is 0 Å². The van der Waals surface area contributed by atoms with Gasteiger partial charge in [-0.3, -0.25) is 0 Å². The molecule has 20 heavy (non-hydrogen) atoms. The van der Waals surface area contributed by atoms with E-state index in [1.165, 1.54) is 22.9 Å². The highest BCUT2D eigenvalue weighted by molar-refractivity contribution is 7.00. The molecular formula is C15H12ClN3S.